The summed E-state index contributed by atoms with van der Waals surface area (Å²) in [4.78, 5) is 17.4. The van der Waals surface area contributed by atoms with Crippen LogP contribution < -0.4 is 15.0 Å². The Morgan fingerprint density at radius 3 is 2.13 bits per heavy atom. The van der Waals surface area contributed by atoms with Gasteiger partial charge in [0, 0.05) is 50.5 Å². The number of carbonyl (C=O) groups excluding carboxylic acids is 1. The zero-order valence-corrected chi connectivity index (χ0v) is 18.0. The van der Waals surface area contributed by atoms with Gasteiger partial charge < -0.3 is 15.0 Å². The number of hydrogen-bond acceptors (Lipinski definition) is 4. The molecule has 1 heterocycles. The minimum absolute atomic E-state index is 0.0566. The van der Waals surface area contributed by atoms with Crippen LogP contribution in [0.3, 0.4) is 0 Å². The van der Waals surface area contributed by atoms with Crippen LogP contribution in [-0.2, 0) is 13.1 Å². The van der Waals surface area contributed by atoms with Gasteiger partial charge in [0.05, 0.1) is 7.11 Å². The zero-order valence-electron chi connectivity index (χ0n) is 18.0. The maximum Gasteiger partial charge on any atom is 0.251 e. The Kier molecular flexibility index (Phi) is 6.85. The monoisotopic (exact) mass is 415 g/mol. The first-order valence-corrected chi connectivity index (χ1v) is 10.7. The molecule has 0 aromatic heterocycles. The van der Waals surface area contributed by atoms with E-state index in [0.29, 0.717) is 12.1 Å². The molecule has 3 aromatic carbocycles. The summed E-state index contributed by atoms with van der Waals surface area (Å²) in [7, 11) is 1.64. The zero-order chi connectivity index (χ0) is 21.5. The largest absolute Gasteiger partial charge is 0.497 e. The maximum absolute atomic E-state index is 12.5. The number of nitrogens with one attached hydrogen (secondary N) is 1. The Hall–Kier alpha value is -3.31. The van der Waals surface area contributed by atoms with Crippen molar-refractivity contribution in [3.63, 3.8) is 0 Å². The Morgan fingerprint density at radius 1 is 0.839 bits per heavy atom. The van der Waals surface area contributed by atoms with E-state index >= 15 is 0 Å². The molecular weight excluding hydrogens is 386 g/mol. The minimum atomic E-state index is -0.0566. The van der Waals surface area contributed by atoms with Gasteiger partial charge in [0.1, 0.15) is 5.75 Å². The lowest BCUT2D eigenvalue weighted by Crippen LogP contribution is -2.45. The van der Waals surface area contributed by atoms with Crippen molar-refractivity contribution < 1.29 is 9.53 Å². The molecule has 1 amide bonds. The molecular formula is C26H29N3O2. The van der Waals surface area contributed by atoms with Gasteiger partial charge in [-0.05, 0) is 47.5 Å². The third-order valence-corrected chi connectivity index (χ3v) is 5.73. The van der Waals surface area contributed by atoms with Gasteiger partial charge in [-0.3, -0.25) is 9.69 Å². The van der Waals surface area contributed by atoms with Crippen molar-refractivity contribution in [1.29, 1.82) is 0 Å². The number of rotatable bonds is 7. The SMILES string of the molecule is COc1ccc(CNC(=O)c2ccc(CN3CCN(c4ccccc4)CC3)cc2)cc1. The van der Waals surface area contributed by atoms with Crippen LogP contribution >= 0.6 is 0 Å². The number of benzene rings is 3. The molecule has 4 rings (SSSR count). The van der Waals surface area contributed by atoms with Crippen molar-refractivity contribution >= 4 is 11.6 Å². The maximum atomic E-state index is 12.5. The second-order valence-corrected chi connectivity index (χ2v) is 7.83. The Labute approximate surface area is 184 Å². The van der Waals surface area contributed by atoms with Gasteiger partial charge in [-0.15, -0.1) is 0 Å². The number of anilines is 1. The number of amides is 1. The van der Waals surface area contributed by atoms with E-state index in [2.05, 4.69) is 57.6 Å². The predicted molar refractivity (Wildman–Crippen MR) is 125 cm³/mol. The molecule has 160 valence electrons. The third-order valence-electron chi connectivity index (χ3n) is 5.73. The number of carbonyl (C=O) groups is 1. The van der Waals surface area contributed by atoms with E-state index in [9.17, 15) is 4.79 Å². The lowest BCUT2D eigenvalue weighted by molar-refractivity contribution is 0.0951. The van der Waals surface area contributed by atoms with Crippen molar-refractivity contribution in [2.24, 2.45) is 0 Å². The number of piperazine rings is 1. The molecule has 3 aromatic rings. The predicted octanol–water partition coefficient (Wildman–Crippen LogP) is 3.95. The lowest BCUT2D eigenvalue weighted by Gasteiger charge is -2.36. The Balaban J connectivity index is 1.25. The van der Waals surface area contributed by atoms with Gasteiger partial charge in [-0.2, -0.15) is 0 Å². The molecule has 1 N–H and O–H groups in total. The second-order valence-electron chi connectivity index (χ2n) is 7.83. The van der Waals surface area contributed by atoms with E-state index in [-0.39, 0.29) is 5.91 Å². The van der Waals surface area contributed by atoms with Crippen LogP contribution in [0.1, 0.15) is 21.5 Å². The van der Waals surface area contributed by atoms with Crippen LogP contribution in [0.2, 0.25) is 0 Å². The third kappa shape index (κ3) is 5.64. The second kappa shape index (κ2) is 10.1. The highest BCUT2D eigenvalue weighted by Gasteiger charge is 2.17. The van der Waals surface area contributed by atoms with E-state index in [0.717, 1.165) is 44.0 Å². The first-order chi connectivity index (χ1) is 15.2. The van der Waals surface area contributed by atoms with Gasteiger partial charge in [0.15, 0.2) is 0 Å². The number of methoxy groups -OCH3 is 1. The summed E-state index contributed by atoms with van der Waals surface area (Å²) in [5.74, 6) is 0.756. The summed E-state index contributed by atoms with van der Waals surface area (Å²) < 4.78 is 5.16. The first-order valence-electron chi connectivity index (χ1n) is 10.7. The van der Waals surface area contributed by atoms with Crippen molar-refractivity contribution in [3.8, 4) is 5.75 Å². The van der Waals surface area contributed by atoms with Crippen molar-refractivity contribution in [1.82, 2.24) is 10.2 Å². The summed E-state index contributed by atoms with van der Waals surface area (Å²) in [5.41, 5.74) is 4.26. The van der Waals surface area contributed by atoms with Gasteiger partial charge in [-0.1, -0.05) is 42.5 Å². The molecule has 0 unspecified atom stereocenters. The van der Waals surface area contributed by atoms with E-state index in [4.69, 9.17) is 4.74 Å². The van der Waals surface area contributed by atoms with Gasteiger partial charge in [-0.25, -0.2) is 0 Å². The molecule has 5 heteroatoms. The van der Waals surface area contributed by atoms with Crippen LogP contribution in [-0.4, -0.2) is 44.1 Å². The van der Waals surface area contributed by atoms with Crippen molar-refractivity contribution in [2.45, 2.75) is 13.1 Å². The van der Waals surface area contributed by atoms with Crippen LogP contribution in [0, 0.1) is 0 Å². The molecule has 31 heavy (non-hydrogen) atoms. The Morgan fingerprint density at radius 2 is 1.48 bits per heavy atom. The minimum Gasteiger partial charge on any atom is -0.497 e. The summed E-state index contributed by atoms with van der Waals surface area (Å²) in [6, 6.07) is 26.3. The number of ether oxygens (including phenoxy) is 1. The molecule has 0 spiro atoms. The quantitative estimate of drug-likeness (QED) is 0.635. The molecule has 1 aliphatic rings. The van der Waals surface area contributed by atoms with Crippen LogP contribution in [0.5, 0.6) is 5.75 Å². The standard InChI is InChI=1S/C26H29N3O2/c1-31-25-13-9-21(10-14-25)19-27-26(30)23-11-7-22(8-12-23)20-28-15-17-29(18-16-28)24-5-3-2-4-6-24/h2-14H,15-20H2,1H3,(H,27,30). The number of para-hydroxylation sites is 1. The molecule has 1 aliphatic heterocycles. The van der Waals surface area contributed by atoms with Gasteiger partial charge in [0.2, 0.25) is 0 Å². The average molecular weight is 416 g/mol. The van der Waals surface area contributed by atoms with E-state index in [1.54, 1.807) is 7.11 Å². The first kappa shape index (κ1) is 20.9. The van der Waals surface area contributed by atoms with Gasteiger partial charge >= 0.3 is 0 Å². The molecule has 0 radical (unpaired) electrons. The fourth-order valence-electron chi connectivity index (χ4n) is 3.85. The summed E-state index contributed by atoms with van der Waals surface area (Å²) >= 11 is 0. The summed E-state index contributed by atoms with van der Waals surface area (Å²) in [6.07, 6.45) is 0. The Bertz CT molecular complexity index is 964. The topological polar surface area (TPSA) is 44.8 Å². The highest BCUT2D eigenvalue weighted by molar-refractivity contribution is 5.94. The van der Waals surface area contributed by atoms with Crippen LogP contribution in [0.25, 0.3) is 0 Å². The van der Waals surface area contributed by atoms with Crippen LogP contribution in [0.15, 0.2) is 78.9 Å². The molecule has 0 bridgehead atoms. The summed E-state index contributed by atoms with van der Waals surface area (Å²) in [5, 5.41) is 2.98. The molecule has 5 nitrogen and oxygen atoms in total. The van der Waals surface area contributed by atoms with E-state index in [1.165, 1.54) is 11.3 Å². The molecule has 0 aliphatic carbocycles. The van der Waals surface area contributed by atoms with Gasteiger partial charge in [0.25, 0.3) is 5.91 Å². The summed E-state index contributed by atoms with van der Waals surface area (Å²) in [6.45, 7) is 5.57. The normalized spacial score (nSPS) is 14.3. The molecule has 0 atom stereocenters. The highest BCUT2D eigenvalue weighted by atomic mass is 16.5. The molecule has 1 saturated heterocycles. The van der Waals surface area contributed by atoms with E-state index in [1.807, 2.05) is 36.4 Å². The average Bonchev–Trinajstić information content (AvgIpc) is 2.84. The van der Waals surface area contributed by atoms with Crippen molar-refractivity contribution in [3.05, 3.63) is 95.6 Å². The number of nitrogens with zero attached hydrogens (tertiary/aromatic N) is 2. The highest BCUT2D eigenvalue weighted by Crippen LogP contribution is 2.17. The van der Waals surface area contributed by atoms with Crippen molar-refractivity contribution in [2.75, 3.05) is 38.2 Å². The van der Waals surface area contributed by atoms with Crippen LogP contribution in [0.4, 0.5) is 5.69 Å². The lowest BCUT2D eigenvalue weighted by atomic mass is 10.1. The fraction of sp³-hybridized carbons (Fsp3) is 0.269. The smallest absolute Gasteiger partial charge is 0.251 e. The van der Waals surface area contributed by atoms with E-state index < -0.39 is 0 Å². The molecule has 1 fully saturated rings. The number of hydrogen-bond donors (Lipinski definition) is 1. The molecule has 0 saturated carbocycles. The fourth-order valence-corrected chi connectivity index (χ4v) is 3.85.